The quantitative estimate of drug-likeness (QED) is 0.921. The van der Waals surface area contributed by atoms with E-state index < -0.39 is 0 Å². The van der Waals surface area contributed by atoms with Crippen LogP contribution >= 0.6 is 22.9 Å². The zero-order valence-electron chi connectivity index (χ0n) is 10.7. The van der Waals surface area contributed by atoms with Crippen LogP contribution in [0.5, 0.6) is 0 Å². The predicted octanol–water partition coefficient (Wildman–Crippen LogP) is 4.01. The van der Waals surface area contributed by atoms with Gasteiger partial charge in [-0.2, -0.15) is 0 Å². The van der Waals surface area contributed by atoms with Crippen molar-refractivity contribution in [3.05, 3.63) is 50.9 Å². The topological polar surface area (TPSA) is 24.9 Å². The Balaban J connectivity index is 1.59. The largest absolute Gasteiger partial charge is 0.310 e. The molecule has 0 aromatic carbocycles. The van der Waals surface area contributed by atoms with Gasteiger partial charge in [-0.15, -0.1) is 11.3 Å². The van der Waals surface area contributed by atoms with Gasteiger partial charge in [0.05, 0.1) is 4.34 Å². The Kier molecular flexibility index (Phi) is 4.16. The van der Waals surface area contributed by atoms with Gasteiger partial charge in [0.25, 0.3) is 0 Å². The van der Waals surface area contributed by atoms with Crippen molar-refractivity contribution in [1.29, 1.82) is 0 Å². The standard InChI is InChI=1S/C15H17ClN2S/c16-15-9-12-13(4-1-5-14(12)19-15)18-8-6-11-3-2-7-17-10-11/h2-3,7,9-10,13,18H,1,4-6,8H2. The second kappa shape index (κ2) is 6.04. The van der Waals surface area contributed by atoms with Crippen molar-refractivity contribution < 1.29 is 0 Å². The summed E-state index contributed by atoms with van der Waals surface area (Å²) in [5.74, 6) is 0. The molecule has 19 heavy (non-hydrogen) atoms. The lowest BCUT2D eigenvalue weighted by Crippen LogP contribution is -2.26. The van der Waals surface area contributed by atoms with Crippen LogP contribution in [0.1, 0.15) is 34.9 Å². The minimum atomic E-state index is 0.476. The van der Waals surface area contributed by atoms with Crippen LogP contribution < -0.4 is 5.32 Å². The molecule has 0 spiro atoms. The molecule has 2 aromatic heterocycles. The molecule has 0 saturated heterocycles. The molecular weight excluding hydrogens is 276 g/mol. The number of thiophene rings is 1. The minimum Gasteiger partial charge on any atom is -0.310 e. The molecule has 4 heteroatoms. The Bertz CT molecular complexity index is 538. The summed E-state index contributed by atoms with van der Waals surface area (Å²) in [6.45, 7) is 0.989. The van der Waals surface area contributed by atoms with E-state index in [0.29, 0.717) is 6.04 Å². The lowest BCUT2D eigenvalue weighted by atomic mass is 9.94. The molecule has 100 valence electrons. The molecule has 0 fully saturated rings. The molecular formula is C15H17ClN2S. The zero-order chi connectivity index (χ0) is 13.1. The number of pyridine rings is 1. The second-order valence-electron chi connectivity index (χ2n) is 4.94. The number of nitrogens with zero attached hydrogens (tertiary/aromatic N) is 1. The van der Waals surface area contributed by atoms with Crippen LogP contribution in [0.15, 0.2) is 30.6 Å². The van der Waals surface area contributed by atoms with Gasteiger partial charge in [0.1, 0.15) is 0 Å². The van der Waals surface area contributed by atoms with Crippen molar-refractivity contribution in [2.24, 2.45) is 0 Å². The number of aryl methyl sites for hydroxylation is 1. The summed E-state index contributed by atoms with van der Waals surface area (Å²) in [7, 11) is 0. The lowest BCUT2D eigenvalue weighted by molar-refractivity contribution is 0.467. The van der Waals surface area contributed by atoms with Crippen LogP contribution in [0.4, 0.5) is 0 Å². The average molecular weight is 293 g/mol. The fraction of sp³-hybridized carbons (Fsp3) is 0.400. The summed E-state index contributed by atoms with van der Waals surface area (Å²) in [6, 6.07) is 6.74. The highest BCUT2D eigenvalue weighted by Crippen LogP contribution is 2.37. The zero-order valence-corrected chi connectivity index (χ0v) is 12.3. The van der Waals surface area contributed by atoms with Crippen LogP contribution in [-0.4, -0.2) is 11.5 Å². The monoisotopic (exact) mass is 292 g/mol. The Morgan fingerprint density at radius 3 is 3.26 bits per heavy atom. The minimum absolute atomic E-state index is 0.476. The summed E-state index contributed by atoms with van der Waals surface area (Å²) in [5, 5.41) is 3.66. The van der Waals surface area contributed by atoms with Gasteiger partial charge in [-0.05, 0) is 55.5 Å². The Labute approximate surface area is 122 Å². The van der Waals surface area contributed by atoms with Gasteiger partial charge in [-0.1, -0.05) is 17.7 Å². The van der Waals surface area contributed by atoms with E-state index in [9.17, 15) is 0 Å². The highest BCUT2D eigenvalue weighted by Gasteiger charge is 2.21. The molecule has 0 saturated carbocycles. The van der Waals surface area contributed by atoms with Crippen molar-refractivity contribution in [2.45, 2.75) is 31.7 Å². The van der Waals surface area contributed by atoms with E-state index in [0.717, 1.165) is 17.3 Å². The second-order valence-corrected chi connectivity index (χ2v) is 6.71. The fourth-order valence-electron chi connectivity index (χ4n) is 2.67. The van der Waals surface area contributed by atoms with Crippen molar-refractivity contribution in [1.82, 2.24) is 10.3 Å². The number of hydrogen-bond acceptors (Lipinski definition) is 3. The Hall–Kier alpha value is -0.900. The third kappa shape index (κ3) is 3.16. The maximum absolute atomic E-state index is 6.13. The van der Waals surface area contributed by atoms with Crippen LogP contribution in [-0.2, 0) is 12.8 Å². The van der Waals surface area contributed by atoms with Gasteiger partial charge in [0.2, 0.25) is 0 Å². The third-order valence-electron chi connectivity index (χ3n) is 3.61. The van der Waals surface area contributed by atoms with Crippen LogP contribution in [0.25, 0.3) is 0 Å². The molecule has 2 nitrogen and oxygen atoms in total. The van der Waals surface area contributed by atoms with Crippen molar-refractivity contribution in [3.63, 3.8) is 0 Å². The van der Waals surface area contributed by atoms with E-state index in [-0.39, 0.29) is 0 Å². The maximum atomic E-state index is 6.13. The first-order chi connectivity index (χ1) is 9.33. The SMILES string of the molecule is Clc1cc2c(s1)CCCC2NCCc1cccnc1. The van der Waals surface area contributed by atoms with Gasteiger partial charge in [0, 0.05) is 23.3 Å². The summed E-state index contributed by atoms with van der Waals surface area (Å²) in [5.41, 5.74) is 2.71. The first-order valence-electron chi connectivity index (χ1n) is 6.73. The molecule has 1 aliphatic carbocycles. The number of aromatic nitrogens is 1. The van der Waals surface area contributed by atoms with Gasteiger partial charge in [0.15, 0.2) is 0 Å². The van der Waals surface area contributed by atoms with E-state index in [2.05, 4.69) is 22.4 Å². The maximum Gasteiger partial charge on any atom is 0.0934 e. The van der Waals surface area contributed by atoms with Gasteiger partial charge in [-0.25, -0.2) is 0 Å². The Morgan fingerprint density at radius 2 is 2.42 bits per heavy atom. The highest BCUT2D eigenvalue weighted by atomic mass is 35.5. The summed E-state index contributed by atoms with van der Waals surface area (Å²) < 4.78 is 0.922. The average Bonchev–Trinajstić information content (AvgIpc) is 2.81. The van der Waals surface area contributed by atoms with Crippen LogP contribution in [0, 0.1) is 0 Å². The molecule has 3 rings (SSSR count). The number of hydrogen-bond donors (Lipinski definition) is 1. The molecule has 1 unspecified atom stereocenters. The molecule has 0 bridgehead atoms. The fourth-order valence-corrected chi connectivity index (χ4v) is 4.05. The number of fused-ring (bicyclic) bond motifs is 1. The molecule has 1 N–H and O–H groups in total. The van der Waals surface area contributed by atoms with E-state index in [1.165, 1.54) is 35.3 Å². The lowest BCUT2D eigenvalue weighted by Gasteiger charge is -2.23. The molecule has 0 radical (unpaired) electrons. The van der Waals surface area contributed by atoms with Crippen molar-refractivity contribution >= 4 is 22.9 Å². The van der Waals surface area contributed by atoms with Gasteiger partial charge >= 0.3 is 0 Å². The highest BCUT2D eigenvalue weighted by molar-refractivity contribution is 7.16. The van der Waals surface area contributed by atoms with Gasteiger partial charge < -0.3 is 5.32 Å². The van der Waals surface area contributed by atoms with Crippen LogP contribution in [0.2, 0.25) is 4.34 Å². The predicted molar refractivity (Wildman–Crippen MR) is 81.0 cm³/mol. The van der Waals surface area contributed by atoms with E-state index in [1.807, 2.05) is 18.5 Å². The molecule has 0 aliphatic heterocycles. The van der Waals surface area contributed by atoms with Crippen molar-refractivity contribution in [2.75, 3.05) is 6.54 Å². The van der Waals surface area contributed by atoms with Gasteiger partial charge in [-0.3, -0.25) is 4.98 Å². The molecule has 1 atom stereocenters. The van der Waals surface area contributed by atoms with Crippen molar-refractivity contribution in [3.8, 4) is 0 Å². The molecule has 0 amide bonds. The summed E-state index contributed by atoms with van der Waals surface area (Å²) >= 11 is 7.87. The third-order valence-corrected chi connectivity index (χ3v) is 4.95. The first kappa shape index (κ1) is 13.1. The van der Waals surface area contributed by atoms with E-state index >= 15 is 0 Å². The smallest absolute Gasteiger partial charge is 0.0934 e. The summed E-state index contributed by atoms with van der Waals surface area (Å²) in [4.78, 5) is 5.61. The number of rotatable bonds is 4. The molecule has 1 aliphatic rings. The molecule has 2 aromatic rings. The van der Waals surface area contributed by atoms with E-state index in [4.69, 9.17) is 11.6 Å². The number of halogens is 1. The van der Waals surface area contributed by atoms with E-state index in [1.54, 1.807) is 11.3 Å². The first-order valence-corrected chi connectivity index (χ1v) is 7.93. The summed E-state index contributed by atoms with van der Waals surface area (Å²) in [6.07, 6.45) is 8.44. The normalized spacial score (nSPS) is 18.3. The van der Waals surface area contributed by atoms with Crippen LogP contribution in [0.3, 0.4) is 0 Å². The Morgan fingerprint density at radius 1 is 1.47 bits per heavy atom. The number of nitrogens with one attached hydrogen (secondary N) is 1. The molecule has 2 heterocycles.